The Labute approximate surface area is 177 Å². The molecule has 1 amide bonds. The van der Waals surface area contributed by atoms with E-state index in [0.717, 1.165) is 23.1 Å². The molecule has 1 aliphatic carbocycles. The van der Waals surface area contributed by atoms with E-state index in [9.17, 15) is 9.59 Å². The lowest BCUT2D eigenvalue weighted by atomic mass is 9.94. The summed E-state index contributed by atoms with van der Waals surface area (Å²) < 4.78 is 10.8. The highest BCUT2D eigenvalue weighted by molar-refractivity contribution is 5.97. The van der Waals surface area contributed by atoms with E-state index >= 15 is 0 Å². The van der Waals surface area contributed by atoms with Crippen molar-refractivity contribution in [3.05, 3.63) is 47.7 Å². The first-order chi connectivity index (χ1) is 14.7. The topological polar surface area (TPSA) is 68.7 Å². The number of ether oxygens (including phenoxy) is 2. The summed E-state index contributed by atoms with van der Waals surface area (Å²) in [5, 5.41) is 0. The molecular formula is C24H28N2O4. The van der Waals surface area contributed by atoms with Gasteiger partial charge in [0.05, 0.1) is 20.1 Å². The number of carbonyl (C=O) groups excluding carboxylic acids is 2. The van der Waals surface area contributed by atoms with Crippen molar-refractivity contribution in [1.82, 2.24) is 9.88 Å². The lowest BCUT2D eigenvalue weighted by Gasteiger charge is -2.28. The summed E-state index contributed by atoms with van der Waals surface area (Å²) in [5.41, 5.74) is 3.70. The predicted octanol–water partition coefficient (Wildman–Crippen LogP) is 3.88. The van der Waals surface area contributed by atoms with E-state index in [2.05, 4.69) is 15.8 Å². The molecule has 4 rings (SSSR count). The van der Waals surface area contributed by atoms with Gasteiger partial charge in [0.15, 0.2) is 0 Å². The van der Waals surface area contributed by atoms with Crippen LogP contribution in [0.3, 0.4) is 0 Å². The third-order valence-electron chi connectivity index (χ3n) is 6.10. The van der Waals surface area contributed by atoms with Gasteiger partial charge >= 0.3 is 5.97 Å². The highest BCUT2D eigenvalue weighted by Gasteiger charge is 2.25. The molecular weight excluding hydrogens is 380 g/mol. The zero-order valence-electron chi connectivity index (χ0n) is 17.4. The number of esters is 1. The van der Waals surface area contributed by atoms with Crippen LogP contribution in [0.1, 0.15) is 48.0 Å². The third kappa shape index (κ3) is 4.48. The Kier molecular flexibility index (Phi) is 6.31. The van der Waals surface area contributed by atoms with Crippen molar-refractivity contribution in [2.24, 2.45) is 5.92 Å². The van der Waals surface area contributed by atoms with Crippen molar-refractivity contribution >= 4 is 11.9 Å². The number of fused-ring (bicyclic) bond motifs is 1. The number of nitrogens with zero attached hydrogens (tertiary/aromatic N) is 2. The van der Waals surface area contributed by atoms with E-state index in [0.29, 0.717) is 37.1 Å². The molecule has 2 aromatic rings. The zero-order valence-corrected chi connectivity index (χ0v) is 17.4. The van der Waals surface area contributed by atoms with Gasteiger partial charge in [0.25, 0.3) is 5.91 Å². The molecule has 1 aromatic heterocycles. The van der Waals surface area contributed by atoms with Crippen LogP contribution >= 0.6 is 0 Å². The lowest BCUT2D eigenvalue weighted by molar-refractivity contribution is -0.140. The van der Waals surface area contributed by atoms with Crippen LogP contribution in [0.5, 0.6) is 5.88 Å². The van der Waals surface area contributed by atoms with Crippen molar-refractivity contribution in [2.75, 3.05) is 26.8 Å². The van der Waals surface area contributed by atoms with Gasteiger partial charge < -0.3 is 14.4 Å². The summed E-state index contributed by atoms with van der Waals surface area (Å²) >= 11 is 0. The van der Waals surface area contributed by atoms with Crippen molar-refractivity contribution in [1.29, 1.82) is 0 Å². The fraction of sp³-hybridized carbons (Fsp3) is 0.458. The molecule has 0 saturated heterocycles. The maximum Gasteiger partial charge on any atom is 0.307 e. The fourth-order valence-electron chi connectivity index (χ4n) is 4.35. The summed E-state index contributed by atoms with van der Waals surface area (Å²) in [6, 6.07) is 9.85. The third-order valence-corrected chi connectivity index (χ3v) is 6.10. The standard InChI is InChI=1S/C24H28N2O4/c1-29-22(27)11-14-26-13-10-19-15-18(8-9-21(19)24(26)28)20-7-4-12-25-23(20)30-16-17-5-2-3-6-17/h4,7-9,12,15,17H,2-3,5-6,10-11,13-14,16H2,1H3. The van der Waals surface area contributed by atoms with Gasteiger partial charge in [0.2, 0.25) is 5.88 Å². The van der Waals surface area contributed by atoms with E-state index in [-0.39, 0.29) is 18.3 Å². The number of carbonyl (C=O) groups is 2. The number of rotatable bonds is 7. The van der Waals surface area contributed by atoms with Crippen molar-refractivity contribution in [3.8, 4) is 17.0 Å². The van der Waals surface area contributed by atoms with Gasteiger partial charge in [-0.2, -0.15) is 0 Å². The Morgan fingerprint density at radius 2 is 2.03 bits per heavy atom. The first-order valence-corrected chi connectivity index (χ1v) is 10.7. The Balaban J connectivity index is 1.50. The van der Waals surface area contributed by atoms with E-state index in [1.54, 1.807) is 11.1 Å². The van der Waals surface area contributed by atoms with Gasteiger partial charge in [0, 0.05) is 30.4 Å². The van der Waals surface area contributed by atoms with Gasteiger partial charge in [-0.1, -0.05) is 25.0 Å². The van der Waals surface area contributed by atoms with E-state index in [1.165, 1.54) is 32.8 Å². The summed E-state index contributed by atoms with van der Waals surface area (Å²) in [6.07, 6.45) is 7.78. The number of methoxy groups -OCH3 is 1. The van der Waals surface area contributed by atoms with Gasteiger partial charge in [-0.3, -0.25) is 9.59 Å². The van der Waals surface area contributed by atoms with Crippen LogP contribution in [0.15, 0.2) is 36.5 Å². The molecule has 0 spiro atoms. The summed E-state index contributed by atoms with van der Waals surface area (Å²) in [6.45, 7) is 1.70. The molecule has 6 heteroatoms. The lowest BCUT2D eigenvalue weighted by Crippen LogP contribution is -2.39. The number of hydrogen-bond acceptors (Lipinski definition) is 5. The molecule has 30 heavy (non-hydrogen) atoms. The Morgan fingerprint density at radius 3 is 2.83 bits per heavy atom. The monoisotopic (exact) mass is 408 g/mol. The predicted molar refractivity (Wildman–Crippen MR) is 113 cm³/mol. The molecule has 0 atom stereocenters. The van der Waals surface area contributed by atoms with Gasteiger partial charge in [-0.25, -0.2) is 4.98 Å². The quantitative estimate of drug-likeness (QED) is 0.651. The maximum atomic E-state index is 12.8. The molecule has 2 heterocycles. The van der Waals surface area contributed by atoms with Crippen LogP contribution in [0.25, 0.3) is 11.1 Å². The van der Waals surface area contributed by atoms with Gasteiger partial charge in [-0.15, -0.1) is 0 Å². The smallest absolute Gasteiger partial charge is 0.307 e. The van der Waals surface area contributed by atoms with Crippen LogP contribution in [-0.4, -0.2) is 48.6 Å². The minimum atomic E-state index is -0.300. The second-order valence-electron chi connectivity index (χ2n) is 8.06. The minimum absolute atomic E-state index is 0.0319. The number of pyridine rings is 1. The molecule has 1 aliphatic heterocycles. The summed E-state index contributed by atoms with van der Waals surface area (Å²) in [4.78, 5) is 30.4. The highest BCUT2D eigenvalue weighted by Crippen LogP contribution is 2.32. The maximum absolute atomic E-state index is 12.8. The number of benzene rings is 1. The van der Waals surface area contributed by atoms with Crippen LogP contribution in [0.4, 0.5) is 0 Å². The molecule has 1 saturated carbocycles. The first kappa shape index (κ1) is 20.4. The molecule has 0 bridgehead atoms. The molecule has 158 valence electrons. The number of aromatic nitrogens is 1. The molecule has 1 aromatic carbocycles. The second kappa shape index (κ2) is 9.28. The second-order valence-corrected chi connectivity index (χ2v) is 8.06. The highest BCUT2D eigenvalue weighted by atomic mass is 16.5. The number of hydrogen-bond donors (Lipinski definition) is 0. The summed E-state index contributed by atoms with van der Waals surface area (Å²) in [5.74, 6) is 0.949. The van der Waals surface area contributed by atoms with Crippen LogP contribution in [0, 0.1) is 5.92 Å². The van der Waals surface area contributed by atoms with Gasteiger partial charge in [0.1, 0.15) is 0 Å². The van der Waals surface area contributed by atoms with Crippen molar-refractivity contribution in [2.45, 2.75) is 38.5 Å². The average molecular weight is 408 g/mol. The molecule has 2 aliphatic rings. The largest absolute Gasteiger partial charge is 0.477 e. The molecule has 0 unspecified atom stereocenters. The normalized spacial score (nSPS) is 16.4. The molecule has 0 N–H and O–H groups in total. The van der Waals surface area contributed by atoms with E-state index in [1.807, 2.05) is 24.3 Å². The Hall–Kier alpha value is -2.89. The van der Waals surface area contributed by atoms with Gasteiger partial charge in [-0.05, 0) is 54.5 Å². The average Bonchev–Trinajstić information content (AvgIpc) is 3.30. The minimum Gasteiger partial charge on any atom is -0.477 e. The van der Waals surface area contributed by atoms with Crippen LogP contribution < -0.4 is 4.74 Å². The Bertz CT molecular complexity index is 921. The van der Waals surface area contributed by atoms with Crippen LogP contribution in [0.2, 0.25) is 0 Å². The molecule has 6 nitrogen and oxygen atoms in total. The SMILES string of the molecule is COC(=O)CCN1CCc2cc(-c3cccnc3OCC3CCCC3)ccc2C1=O. The molecule has 0 radical (unpaired) electrons. The van der Waals surface area contributed by atoms with E-state index in [4.69, 9.17) is 4.74 Å². The summed E-state index contributed by atoms with van der Waals surface area (Å²) in [7, 11) is 1.36. The zero-order chi connectivity index (χ0) is 20.9. The first-order valence-electron chi connectivity index (χ1n) is 10.7. The molecule has 1 fully saturated rings. The Morgan fingerprint density at radius 1 is 1.20 bits per heavy atom. The van der Waals surface area contributed by atoms with Crippen LogP contribution in [-0.2, 0) is 16.0 Å². The fourth-order valence-corrected chi connectivity index (χ4v) is 4.35. The van der Waals surface area contributed by atoms with Crippen molar-refractivity contribution < 1.29 is 19.1 Å². The van der Waals surface area contributed by atoms with Crippen molar-refractivity contribution in [3.63, 3.8) is 0 Å². The number of amides is 1. The van der Waals surface area contributed by atoms with E-state index < -0.39 is 0 Å².